The van der Waals surface area contributed by atoms with Gasteiger partial charge in [-0.3, -0.25) is 4.98 Å². The van der Waals surface area contributed by atoms with E-state index in [0.717, 1.165) is 16.2 Å². The number of aliphatic hydroxyl groups is 1. The Morgan fingerprint density at radius 3 is 2.65 bits per heavy atom. The van der Waals surface area contributed by atoms with Crippen LogP contribution in [0.3, 0.4) is 0 Å². The molecular weight excluding hydrogens is 312 g/mol. The second-order valence-corrected chi connectivity index (χ2v) is 7.03. The molecule has 119 valence electrons. The highest BCUT2D eigenvalue weighted by molar-refractivity contribution is 6.53. The molecule has 0 aliphatic heterocycles. The van der Waals surface area contributed by atoms with Crippen LogP contribution in [-0.2, 0) is 4.65 Å². The summed E-state index contributed by atoms with van der Waals surface area (Å²) in [4.78, 5) is 4.19. The lowest BCUT2D eigenvalue weighted by Gasteiger charge is -2.37. The number of halogens is 1. The minimum Gasteiger partial charge on any atom is -0.453 e. The summed E-state index contributed by atoms with van der Waals surface area (Å²) in [6, 6.07) is 5.62. The van der Waals surface area contributed by atoms with Crippen LogP contribution >= 0.6 is 11.6 Å². The molecule has 0 spiro atoms. The largest absolute Gasteiger partial charge is 0.453 e. The first-order valence-corrected chi connectivity index (χ1v) is 7.77. The topological polar surface area (TPSA) is 55.5 Å². The SMILES string of the molecule is CC(C)(O)C(C)(C)O[B]c1cncc2oc3c(Cl)cccc3c12. The van der Waals surface area contributed by atoms with Crippen LogP contribution in [0, 0.1) is 0 Å². The van der Waals surface area contributed by atoms with Crippen molar-refractivity contribution in [1.29, 1.82) is 0 Å². The van der Waals surface area contributed by atoms with Crippen molar-refractivity contribution < 1.29 is 14.2 Å². The van der Waals surface area contributed by atoms with E-state index in [-0.39, 0.29) is 0 Å². The van der Waals surface area contributed by atoms with Gasteiger partial charge in [-0.2, -0.15) is 0 Å². The average Bonchev–Trinajstić information content (AvgIpc) is 2.85. The predicted octanol–water partition coefficient (Wildman–Crippen LogP) is 3.45. The van der Waals surface area contributed by atoms with E-state index in [9.17, 15) is 5.11 Å². The van der Waals surface area contributed by atoms with Crippen LogP contribution in [0.5, 0.6) is 0 Å². The van der Waals surface area contributed by atoms with Crippen molar-refractivity contribution in [2.24, 2.45) is 0 Å². The zero-order chi connectivity index (χ0) is 16.8. The highest BCUT2D eigenvalue weighted by Gasteiger charge is 2.36. The number of fused-ring (bicyclic) bond motifs is 3. The van der Waals surface area contributed by atoms with Crippen LogP contribution in [0.25, 0.3) is 21.9 Å². The molecule has 6 heteroatoms. The molecule has 0 amide bonds. The first-order chi connectivity index (χ1) is 10.7. The summed E-state index contributed by atoms with van der Waals surface area (Å²) >= 11 is 6.20. The molecule has 2 aromatic heterocycles. The van der Waals surface area contributed by atoms with Crippen molar-refractivity contribution in [2.75, 3.05) is 0 Å². The molecular formula is C17H18BClNO3. The van der Waals surface area contributed by atoms with Gasteiger partial charge >= 0.3 is 7.48 Å². The summed E-state index contributed by atoms with van der Waals surface area (Å²) in [5, 5.41) is 12.6. The van der Waals surface area contributed by atoms with Gasteiger partial charge in [-0.1, -0.05) is 23.7 Å². The second kappa shape index (κ2) is 5.51. The third-order valence-electron chi connectivity index (χ3n) is 4.34. The average molecular weight is 331 g/mol. The number of hydrogen-bond donors (Lipinski definition) is 1. The number of furan rings is 1. The first-order valence-electron chi connectivity index (χ1n) is 7.39. The molecule has 0 aliphatic carbocycles. The molecule has 0 bridgehead atoms. The van der Waals surface area contributed by atoms with E-state index >= 15 is 0 Å². The third kappa shape index (κ3) is 2.85. The number of hydrogen-bond acceptors (Lipinski definition) is 4. The predicted molar refractivity (Wildman–Crippen MR) is 93.4 cm³/mol. The monoisotopic (exact) mass is 330 g/mol. The van der Waals surface area contributed by atoms with Gasteiger partial charge in [0.05, 0.1) is 22.4 Å². The summed E-state index contributed by atoms with van der Waals surface area (Å²) in [6.07, 6.45) is 3.36. The summed E-state index contributed by atoms with van der Waals surface area (Å²) in [7, 11) is 1.61. The van der Waals surface area contributed by atoms with E-state index in [4.69, 9.17) is 20.7 Å². The summed E-state index contributed by atoms with van der Waals surface area (Å²) in [5.74, 6) is 0. The number of para-hydroxylation sites is 1. The van der Waals surface area contributed by atoms with Crippen molar-refractivity contribution in [3.63, 3.8) is 0 Å². The Hall–Kier alpha value is -1.56. The van der Waals surface area contributed by atoms with Crippen molar-refractivity contribution in [3.8, 4) is 0 Å². The zero-order valence-electron chi connectivity index (χ0n) is 13.6. The Labute approximate surface area is 140 Å². The van der Waals surface area contributed by atoms with E-state index in [1.807, 2.05) is 26.0 Å². The maximum absolute atomic E-state index is 10.2. The van der Waals surface area contributed by atoms with Crippen molar-refractivity contribution in [2.45, 2.75) is 38.9 Å². The highest BCUT2D eigenvalue weighted by Crippen LogP contribution is 2.32. The van der Waals surface area contributed by atoms with Gasteiger partial charge in [-0.05, 0) is 39.2 Å². The highest BCUT2D eigenvalue weighted by atomic mass is 35.5. The van der Waals surface area contributed by atoms with Gasteiger partial charge in [-0.15, -0.1) is 0 Å². The number of benzene rings is 1. The Kier molecular flexibility index (Phi) is 3.91. The van der Waals surface area contributed by atoms with Crippen LogP contribution in [0.4, 0.5) is 0 Å². The molecule has 23 heavy (non-hydrogen) atoms. The molecule has 1 radical (unpaired) electrons. The second-order valence-electron chi connectivity index (χ2n) is 6.63. The minimum absolute atomic E-state index is 0.558. The Morgan fingerprint density at radius 2 is 1.96 bits per heavy atom. The number of rotatable bonds is 4. The molecule has 0 atom stereocenters. The lowest BCUT2D eigenvalue weighted by Crippen LogP contribution is -2.49. The molecule has 0 unspecified atom stereocenters. The molecule has 1 N–H and O–H groups in total. The maximum atomic E-state index is 10.2. The van der Waals surface area contributed by atoms with Crippen molar-refractivity contribution in [3.05, 3.63) is 35.6 Å². The number of pyridine rings is 1. The molecule has 1 aromatic carbocycles. The van der Waals surface area contributed by atoms with Gasteiger partial charge in [0.25, 0.3) is 0 Å². The van der Waals surface area contributed by atoms with Crippen LogP contribution in [-0.4, -0.2) is 28.8 Å². The zero-order valence-corrected chi connectivity index (χ0v) is 14.3. The fraction of sp³-hybridized carbons (Fsp3) is 0.353. The maximum Gasteiger partial charge on any atom is 0.333 e. The summed E-state index contributed by atoms with van der Waals surface area (Å²) in [5.41, 5.74) is 0.305. The lowest BCUT2D eigenvalue weighted by molar-refractivity contribution is -0.0893. The van der Waals surface area contributed by atoms with E-state index in [0.29, 0.717) is 16.2 Å². The summed E-state index contributed by atoms with van der Waals surface area (Å²) in [6.45, 7) is 7.10. The minimum atomic E-state index is -0.993. The van der Waals surface area contributed by atoms with Gasteiger partial charge in [0.2, 0.25) is 0 Å². The molecule has 0 saturated carbocycles. The molecule has 3 aromatic rings. The van der Waals surface area contributed by atoms with E-state index in [1.165, 1.54) is 0 Å². The standard InChI is InChI=1S/C17H18BClNO3/c1-16(2,21)17(3,4)23-18-11-8-20-9-13-14(11)10-6-5-7-12(19)15(10)22-13/h5-9,21H,1-4H3. The quantitative estimate of drug-likeness (QED) is 0.745. The van der Waals surface area contributed by atoms with Gasteiger partial charge in [0.1, 0.15) is 0 Å². The van der Waals surface area contributed by atoms with E-state index < -0.39 is 11.2 Å². The molecule has 0 aliphatic rings. The van der Waals surface area contributed by atoms with Crippen LogP contribution < -0.4 is 5.46 Å². The number of nitrogens with zero attached hydrogens (tertiary/aromatic N) is 1. The van der Waals surface area contributed by atoms with Crippen LogP contribution in [0.15, 0.2) is 35.0 Å². The molecule has 3 rings (SSSR count). The van der Waals surface area contributed by atoms with Gasteiger partial charge in [0.15, 0.2) is 11.2 Å². The number of aromatic nitrogens is 1. The Bertz CT molecular complexity index is 867. The van der Waals surface area contributed by atoms with Gasteiger partial charge in [-0.25, -0.2) is 0 Å². The molecule has 0 saturated heterocycles. The smallest absolute Gasteiger partial charge is 0.333 e. The Morgan fingerprint density at radius 1 is 1.22 bits per heavy atom. The first kappa shape index (κ1) is 16.3. The van der Waals surface area contributed by atoms with E-state index in [1.54, 1.807) is 39.8 Å². The fourth-order valence-electron chi connectivity index (χ4n) is 2.19. The molecule has 4 nitrogen and oxygen atoms in total. The van der Waals surface area contributed by atoms with Crippen molar-refractivity contribution >= 4 is 46.5 Å². The summed E-state index contributed by atoms with van der Waals surface area (Å²) < 4.78 is 11.7. The van der Waals surface area contributed by atoms with Crippen LogP contribution in [0.1, 0.15) is 27.7 Å². The van der Waals surface area contributed by atoms with Crippen molar-refractivity contribution in [1.82, 2.24) is 4.98 Å². The van der Waals surface area contributed by atoms with Gasteiger partial charge < -0.3 is 14.2 Å². The molecule has 0 fully saturated rings. The fourth-order valence-corrected chi connectivity index (χ4v) is 2.40. The van der Waals surface area contributed by atoms with Gasteiger partial charge in [0, 0.05) is 17.0 Å². The Balaban J connectivity index is 2.05. The third-order valence-corrected chi connectivity index (χ3v) is 4.64. The lowest BCUT2D eigenvalue weighted by atomic mass is 9.81. The van der Waals surface area contributed by atoms with E-state index in [2.05, 4.69) is 4.98 Å². The molecule has 2 heterocycles. The normalized spacial score (nSPS) is 13.0. The van der Waals surface area contributed by atoms with Crippen LogP contribution in [0.2, 0.25) is 5.02 Å².